The minimum absolute atomic E-state index is 0.566. The van der Waals surface area contributed by atoms with Gasteiger partial charge in [-0.2, -0.15) is 11.8 Å². The fraction of sp³-hybridized carbons (Fsp3) is 0.545. The highest BCUT2D eigenvalue weighted by Crippen LogP contribution is 2.09. The van der Waals surface area contributed by atoms with Gasteiger partial charge in [0, 0.05) is 29.5 Å². The summed E-state index contributed by atoms with van der Waals surface area (Å²) in [5.41, 5.74) is 1.22. The van der Waals surface area contributed by atoms with Gasteiger partial charge in [-0.1, -0.05) is 0 Å². The standard InChI is InChI=1S/C11H17BrN2S/c1-9(3-4-15-2)14-7-10-5-11(12)8-13-6-10/h5-6,8-9,14H,3-4,7H2,1-2H3. The molecule has 0 amide bonds. The molecular weight excluding hydrogens is 272 g/mol. The van der Waals surface area contributed by atoms with Crippen molar-refractivity contribution in [1.29, 1.82) is 0 Å². The molecule has 0 aliphatic carbocycles. The maximum atomic E-state index is 4.13. The first-order valence-electron chi connectivity index (χ1n) is 5.04. The van der Waals surface area contributed by atoms with Crippen LogP contribution in [0.1, 0.15) is 18.9 Å². The summed E-state index contributed by atoms with van der Waals surface area (Å²) in [6.45, 7) is 3.11. The van der Waals surface area contributed by atoms with Crippen LogP contribution >= 0.6 is 27.7 Å². The summed E-state index contributed by atoms with van der Waals surface area (Å²) >= 11 is 5.31. The van der Waals surface area contributed by atoms with Gasteiger partial charge in [-0.25, -0.2) is 0 Å². The molecule has 0 aliphatic heterocycles. The van der Waals surface area contributed by atoms with Crippen molar-refractivity contribution < 1.29 is 0 Å². The lowest BCUT2D eigenvalue weighted by molar-refractivity contribution is 0.537. The molecule has 2 nitrogen and oxygen atoms in total. The first-order valence-corrected chi connectivity index (χ1v) is 7.23. The number of pyridine rings is 1. The van der Waals surface area contributed by atoms with Gasteiger partial charge in [0.2, 0.25) is 0 Å². The molecule has 0 saturated carbocycles. The summed E-state index contributed by atoms with van der Waals surface area (Å²) in [5, 5.41) is 3.49. The zero-order valence-electron chi connectivity index (χ0n) is 9.16. The zero-order chi connectivity index (χ0) is 11.1. The monoisotopic (exact) mass is 288 g/mol. The number of rotatable bonds is 6. The van der Waals surface area contributed by atoms with Gasteiger partial charge < -0.3 is 5.32 Å². The molecule has 0 fully saturated rings. The zero-order valence-corrected chi connectivity index (χ0v) is 11.6. The predicted molar refractivity (Wildman–Crippen MR) is 71.2 cm³/mol. The van der Waals surface area contributed by atoms with Gasteiger partial charge >= 0.3 is 0 Å². The Morgan fingerprint density at radius 2 is 2.33 bits per heavy atom. The van der Waals surface area contributed by atoms with Crippen molar-refractivity contribution in [2.24, 2.45) is 0 Å². The van der Waals surface area contributed by atoms with Crippen molar-refractivity contribution >= 4 is 27.7 Å². The van der Waals surface area contributed by atoms with Gasteiger partial charge in [0.25, 0.3) is 0 Å². The van der Waals surface area contributed by atoms with Crippen molar-refractivity contribution in [3.8, 4) is 0 Å². The maximum absolute atomic E-state index is 4.13. The van der Waals surface area contributed by atoms with Crippen LogP contribution in [0.2, 0.25) is 0 Å². The lowest BCUT2D eigenvalue weighted by atomic mass is 10.2. The number of thioether (sulfide) groups is 1. The van der Waals surface area contributed by atoms with Crippen LogP contribution in [0, 0.1) is 0 Å². The number of nitrogens with zero attached hydrogens (tertiary/aromatic N) is 1. The van der Waals surface area contributed by atoms with Gasteiger partial charge in [0.05, 0.1) is 0 Å². The van der Waals surface area contributed by atoms with Crippen LogP contribution in [0.3, 0.4) is 0 Å². The Bertz CT molecular complexity index is 294. The van der Waals surface area contributed by atoms with E-state index in [0.717, 1.165) is 11.0 Å². The van der Waals surface area contributed by atoms with E-state index in [9.17, 15) is 0 Å². The molecule has 1 unspecified atom stereocenters. The van der Waals surface area contributed by atoms with Gasteiger partial charge in [-0.15, -0.1) is 0 Å². The summed E-state index contributed by atoms with van der Waals surface area (Å²) < 4.78 is 1.04. The van der Waals surface area contributed by atoms with Crippen LogP contribution in [0.4, 0.5) is 0 Å². The molecule has 84 valence electrons. The molecule has 0 aromatic carbocycles. The third-order valence-electron chi connectivity index (χ3n) is 2.17. The molecular formula is C11H17BrN2S. The van der Waals surface area contributed by atoms with E-state index in [0.29, 0.717) is 6.04 Å². The van der Waals surface area contributed by atoms with Gasteiger partial charge in [-0.3, -0.25) is 4.98 Å². The summed E-state index contributed by atoms with van der Waals surface area (Å²) in [6.07, 6.45) is 7.06. The Labute approximate surface area is 104 Å². The maximum Gasteiger partial charge on any atom is 0.0410 e. The molecule has 1 heterocycles. The molecule has 1 aromatic rings. The van der Waals surface area contributed by atoms with Crippen LogP contribution in [0.15, 0.2) is 22.9 Å². The van der Waals surface area contributed by atoms with Crippen molar-refractivity contribution in [3.05, 3.63) is 28.5 Å². The third kappa shape index (κ3) is 5.54. The number of halogens is 1. The lowest BCUT2D eigenvalue weighted by Gasteiger charge is -2.12. The average molecular weight is 289 g/mol. The van der Waals surface area contributed by atoms with Crippen LogP contribution in [0.25, 0.3) is 0 Å². The summed E-state index contributed by atoms with van der Waals surface area (Å²) in [4.78, 5) is 4.13. The van der Waals surface area contributed by atoms with E-state index in [-0.39, 0.29) is 0 Å². The van der Waals surface area contributed by atoms with Gasteiger partial charge in [0.1, 0.15) is 0 Å². The molecule has 0 saturated heterocycles. The minimum Gasteiger partial charge on any atom is -0.310 e. The highest BCUT2D eigenvalue weighted by Gasteiger charge is 2.01. The molecule has 1 aromatic heterocycles. The van der Waals surface area contributed by atoms with E-state index in [2.05, 4.69) is 45.5 Å². The van der Waals surface area contributed by atoms with Gasteiger partial charge in [-0.05, 0) is 52.9 Å². The highest BCUT2D eigenvalue weighted by atomic mass is 79.9. The van der Waals surface area contributed by atoms with Crippen LogP contribution in [0.5, 0.6) is 0 Å². The fourth-order valence-corrected chi connectivity index (χ4v) is 2.24. The summed E-state index contributed by atoms with van der Waals surface area (Å²) in [5.74, 6) is 1.21. The summed E-state index contributed by atoms with van der Waals surface area (Å²) in [7, 11) is 0. The molecule has 1 atom stereocenters. The van der Waals surface area contributed by atoms with Crippen molar-refractivity contribution in [3.63, 3.8) is 0 Å². The molecule has 0 spiro atoms. The fourth-order valence-electron chi connectivity index (χ4n) is 1.24. The minimum atomic E-state index is 0.566. The molecule has 0 bridgehead atoms. The Balaban J connectivity index is 2.30. The molecule has 4 heteroatoms. The van der Waals surface area contributed by atoms with E-state index in [4.69, 9.17) is 0 Å². The largest absolute Gasteiger partial charge is 0.310 e. The van der Waals surface area contributed by atoms with Crippen LogP contribution in [-0.4, -0.2) is 23.0 Å². The van der Waals surface area contributed by atoms with E-state index in [1.807, 2.05) is 18.0 Å². The molecule has 1 rings (SSSR count). The highest BCUT2D eigenvalue weighted by molar-refractivity contribution is 9.10. The summed E-state index contributed by atoms with van der Waals surface area (Å²) in [6, 6.07) is 2.66. The third-order valence-corrected chi connectivity index (χ3v) is 3.25. The van der Waals surface area contributed by atoms with Crippen LogP contribution in [-0.2, 0) is 6.54 Å². The van der Waals surface area contributed by atoms with E-state index < -0.39 is 0 Å². The number of aromatic nitrogens is 1. The van der Waals surface area contributed by atoms with E-state index in [1.165, 1.54) is 17.7 Å². The number of hydrogen-bond donors (Lipinski definition) is 1. The quantitative estimate of drug-likeness (QED) is 0.871. The lowest BCUT2D eigenvalue weighted by Crippen LogP contribution is -2.26. The molecule has 15 heavy (non-hydrogen) atoms. The Morgan fingerprint density at radius 1 is 1.53 bits per heavy atom. The van der Waals surface area contributed by atoms with Gasteiger partial charge in [0.15, 0.2) is 0 Å². The second-order valence-corrected chi connectivity index (χ2v) is 5.48. The molecule has 0 aliphatic rings. The van der Waals surface area contributed by atoms with E-state index in [1.54, 1.807) is 6.20 Å². The van der Waals surface area contributed by atoms with Crippen molar-refractivity contribution in [2.45, 2.75) is 25.9 Å². The predicted octanol–water partition coefficient (Wildman–Crippen LogP) is 3.08. The average Bonchev–Trinajstić information content (AvgIpc) is 2.23. The second-order valence-electron chi connectivity index (χ2n) is 3.57. The Hall–Kier alpha value is -0.0600. The first kappa shape index (κ1) is 13.0. The molecule has 0 radical (unpaired) electrons. The van der Waals surface area contributed by atoms with Crippen molar-refractivity contribution in [1.82, 2.24) is 10.3 Å². The normalized spacial score (nSPS) is 12.7. The Morgan fingerprint density at radius 3 is 3.00 bits per heavy atom. The van der Waals surface area contributed by atoms with Crippen LogP contribution < -0.4 is 5.32 Å². The Kier molecular flexibility index (Phi) is 6.29. The molecule has 1 N–H and O–H groups in total. The van der Waals surface area contributed by atoms with Crippen molar-refractivity contribution in [2.75, 3.05) is 12.0 Å². The first-order chi connectivity index (χ1) is 7.22. The number of nitrogens with one attached hydrogen (secondary N) is 1. The van der Waals surface area contributed by atoms with E-state index >= 15 is 0 Å². The smallest absolute Gasteiger partial charge is 0.0410 e. The SMILES string of the molecule is CSCCC(C)NCc1cncc(Br)c1. The topological polar surface area (TPSA) is 24.9 Å². The number of hydrogen-bond acceptors (Lipinski definition) is 3. The second kappa shape index (κ2) is 7.25.